The van der Waals surface area contributed by atoms with Gasteiger partial charge >= 0.3 is 0 Å². The molecule has 0 atom stereocenters. The summed E-state index contributed by atoms with van der Waals surface area (Å²) >= 11 is 6.02. The number of aromatic nitrogens is 3. The number of ether oxygens (including phenoxy) is 1. The number of aryl methyl sites for hydroxylation is 1. The minimum absolute atomic E-state index is 0.191. The van der Waals surface area contributed by atoms with Crippen molar-refractivity contribution < 1.29 is 14.3 Å². The average molecular weight is 462 g/mol. The summed E-state index contributed by atoms with van der Waals surface area (Å²) in [5, 5.41) is 14.7. The van der Waals surface area contributed by atoms with Crippen molar-refractivity contribution in [2.24, 2.45) is 0 Å². The molecule has 0 aliphatic carbocycles. The normalized spacial score (nSPS) is 10.5. The third-order valence-electron chi connectivity index (χ3n) is 4.79. The van der Waals surface area contributed by atoms with Crippen LogP contribution in [0.3, 0.4) is 0 Å². The standard InChI is InChI=1S/C24H20ClN5O3/c1-15-22(29-30(28-15)20-5-3-4-17(25)14-20)24(32)27-18-8-6-16(7-9-18)23(31)26-19-10-12-21(33-2)13-11-19/h3-14H,1-2H3,(H,26,31)(H,27,32). The molecule has 2 amide bonds. The van der Waals surface area contributed by atoms with Crippen LogP contribution in [0.2, 0.25) is 5.02 Å². The van der Waals surface area contributed by atoms with Gasteiger partial charge in [0.05, 0.1) is 18.5 Å². The van der Waals surface area contributed by atoms with Crippen LogP contribution >= 0.6 is 11.6 Å². The molecular formula is C24H20ClN5O3. The van der Waals surface area contributed by atoms with Gasteiger partial charge in [-0.15, -0.1) is 5.10 Å². The molecule has 33 heavy (non-hydrogen) atoms. The van der Waals surface area contributed by atoms with E-state index < -0.39 is 5.91 Å². The Hall–Kier alpha value is -4.17. The number of methoxy groups -OCH3 is 1. The maximum absolute atomic E-state index is 12.7. The highest BCUT2D eigenvalue weighted by Crippen LogP contribution is 2.18. The molecule has 2 N–H and O–H groups in total. The highest BCUT2D eigenvalue weighted by Gasteiger charge is 2.17. The Bertz CT molecular complexity index is 1300. The summed E-state index contributed by atoms with van der Waals surface area (Å²) in [5.41, 5.74) is 2.94. The van der Waals surface area contributed by atoms with Crippen LogP contribution in [-0.4, -0.2) is 33.9 Å². The third kappa shape index (κ3) is 5.19. The van der Waals surface area contributed by atoms with Crippen molar-refractivity contribution in [1.29, 1.82) is 0 Å². The number of carbonyl (C=O) groups excluding carboxylic acids is 2. The number of nitrogens with one attached hydrogen (secondary N) is 2. The Morgan fingerprint density at radius 3 is 2.15 bits per heavy atom. The number of anilines is 2. The third-order valence-corrected chi connectivity index (χ3v) is 5.02. The van der Waals surface area contributed by atoms with E-state index in [4.69, 9.17) is 16.3 Å². The minimum Gasteiger partial charge on any atom is -0.497 e. The molecule has 1 heterocycles. The van der Waals surface area contributed by atoms with Gasteiger partial charge in [0.1, 0.15) is 5.75 Å². The first-order valence-electron chi connectivity index (χ1n) is 9.99. The molecule has 8 nitrogen and oxygen atoms in total. The molecule has 4 rings (SSSR count). The predicted octanol–water partition coefficient (Wildman–Crippen LogP) is 4.74. The lowest BCUT2D eigenvalue weighted by molar-refractivity contribution is 0.101. The molecule has 3 aromatic carbocycles. The predicted molar refractivity (Wildman–Crippen MR) is 126 cm³/mol. The van der Waals surface area contributed by atoms with E-state index in [2.05, 4.69) is 20.8 Å². The molecule has 166 valence electrons. The van der Waals surface area contributed by atoms with Gasteiger partial charge in [0.25, 0.3) is 11.8 Å². The number of halogens is 1. The van der Waals surface area contributed by atoms with Crippen LogP contribution < -0.4 is 15.4 Å². The van der Waals surface area contributed by atoms with E-state index in [1.807, 2.05) is 0 Å². The topological polar surface area (TPSA) is 98.1 Å². The summed E-state index contributed by atoms with van der Waals surface area (Å²) in [7, 11) is 1.58. The van der Waals surface area contributed by atoms with Crippen molar-refractivity contribution >= 4 is 34.8 Å². The van der Waals surface area contributed by atoms with Crippen molar-refractivity contribution in [3.8, 4) is 11.4 Å². The quantitative estimate of drug-likeness (QED) is 0.432. The monoisotopic (exact) mass is 461 g/mol. The second-order valence-electron chi connectivity index (χ2n) is 7.12. The molecule has 4 aromatic rings. The van der Waals surface area contributed by atoms with Gasteiger partial charge in [-0.05, 0) is 73.7 Å². The van der Waals surface area contributed by atoms with Crippen LogP contribution in [0, 0.1) is 6.92 Å². The first-order valence-corrected chi connectivity index (χ1v) is 10.4. The van der Waals surface area contributed by atoms with E-state index in [0.29, 0.717) is 39.1 Å². The lowest BCUT2D eigenvalue weighted by atomic mass is 10.2. The van der Waals surface area contributed by atoms with Crippen LogP contribution in [0.5, 0.6) is 5.75 Å². The summed E-state index contributed by atoms with van der Waals surface area (Å²) < 4.78 is 5.11. The van der Waals surface area contributed by atoms with Gasteiger partial charge in [0.2, 0.25) is 0 Å². The highest BCUT2D eigenvalue weighted by molar-refractivity contribution is 6.30. The molecule has 9 heteroatoms. The average Bonchev–Trinajstić information content (AvgIpc) is 3.22. The molecule has 0 spiro atoms. The number of benzene rings is 3. The largest absolute Gasteiger partial charge is 0.497 e. The molecule has 0 unspecified atom stereocenters. The number of hydrogen-bond acceptors (Lipinski definition) is 5. The Kier molecular flexibility index (Phi) is 6.37. The number of carbonyl (C=O) groups is 2. The fourth-order valence-electron chi connectivity index (χ4n) is 3.08. The Morgan fingerprint density at radius 1 is 0.879 bits per heavy atom. The molecule has 0 aliphatic heterocycles. The van der Waals surface area contributed by atoms with E-state index >= 15 is 0 Å². The van der Waals surface area contributed by atoms with Crippen molar-refractivity contribution in [1.82, 2.24) is 15.0 Å². The van der Waals surface area contributed by atoms with Crippen molar-refractivity contribution in [3.05, 3.63) is 94.8 Å². The summed E-state index contributed by atoms with van der Waals surface area (Å²) in [5.74, 6) is 0.0329. The lowest BCUT2D eigenvalue weighted by Gasteiger charge is -2.08. The molecule has 0 radical (unpaired) electrons. The van der Waals surface area contributed by atoms with Gasteiger partial charge in [0.15, 0.2) is 5.69 Å². The van der Waals surface area contributed by atoms with Gasteiger partial charge in [-0.25, -0.2) is 0 Å². The number of rotatable bonds is 6. The molecule has 0 aliphatic rings. The van der Waals surface area contributed by atoms with Crippen LogP contribution in [-0.2, 0) is 0 Å². The van der Waals surface area contributed by atoms with Gasteiger partial charge in [0, 0.05) is 22.0 Å². The van der Waals surface area contributed by atoms with Crippen LogP contribution in [0.1, 0.15) is 26.5 Å². The van der Waals surface area contributed by atoms with Crippen LogP contribution in [0.25, 0.3) is 5.69 Å². The van der Waals surface area contributed by atoms with Crippen LogP contribution in [0.4, 0.5) is 11.4 Å². The lowest BCUT2D eigenvalue weighted by Crippen LogP contribution is -2.15. The van der Waals surface area contributed by atoms with E-state index in [9.17, 15) is 9.59 Å². The second kappa shape index (κ2) is 9.54. The maximum atomic E-state index is 12.7. The summed E-state index contributed by atoms with van der Waals surface area (Å²) in [6.07, 6.45) is 0. The van der Waals surface area contributed by atoms with Crippen molar-refractivity contribution in [2.45, 2.75) is 6.92 Å². The van der Waals surface area contributed by atoms with E-state index in [-0.39, 0.29) is 11.6 Å². The minimum atomic E-state index is -0.406. The summed E-state index contributed by atoms with van der Waals surface area (Å²) in [6, 6.07) is 20.6. The van der Waals surface area contributed by atoms with E-state index in [0.717, 1.165) is 0 Å². The summed E-state index contributed by atoms with van der Waals surface area (Å²) in [4.78, 5) is 26.5. The molecule has 1 aromatic heterocycles. The maximum Gasteiger partial charge on any atom is 0.278 e. The fourth-order valence-corrected chi connectivity index (χ4v) is 3.26. The zero-order valence-electron chi connectivity index (χ0n) is 17.9. The molecule has 0 saturated heterocycles. The number of nitrogens with zero attached hydrogens (tertiary/aromatic N) is 3. The Labute approximate surface area is 195 Å². The van der Waals surface area contributed by atoms with Crippen molar-refractivity contribution in [2.75, 3.05) is 17.7 Å². The molecule has 0 bridgehead atoms. The van der Waals surface area contributed by atoms with E-state index in [1.165, 1.54) is 4.80 Å². The van der Waals surface area contributed by atoms with Gasteiger partial charge in [-0.3, -0.25) is 9.59 Å². The highest BCUT2D eigenvalue weighted by atomic mass is 35.5. The second-order valence-corrected chi connectivity index (χ2v) is 7.55. The molecule has 0 saturated carbocycles. The zero-order valence-corrected chi connectivity index (χ0v) is 18.6. The van der Waals surface area contributed by atoms with Crippen LogP contribution in [0.15, 0.2) is 72.8 Å². The first-order chi connectivity index (χ1) is 15.9. The van der Waals surface area contributed by atoms with E-state index in [1.54, 1.807) is 86.8 Å². The molecule has 0 fully saturated rings. The first kappa shape index (κ1) is 22.0. The number of amides is 2. The SMILES string of the molecule is COc1ccc(NC(=O)c2ccc(NC(=O)c3nn(-c4cccc(Cl)c4)nc3C)cc2)cc1. The summed E-state index contributed by atoms with van der Waals surface area (Å²) in [6.45, 7) is 1.70. The smallest absolute Gasteiger partial charge is 0.278 e. The zero-order chi connectivity index (χ0) is 23.4. The Morgan fingerprint density at radius 2 is 1.52 bits per heavy atom. The van der Waals surface area contributed by atoms with Gasteiger partial charge in [-0.1, -0.05) is 17.7 Å². The van der Waals surface area contributed by atoms with Gasteiger partial charge < -0.3 is 15.4 Å². The fraction of sp³-hybridized carbons (Fsp3) is 0.0833. The van der Waals surface area contributed by atoms with Crippen molar-refractivity contribution in [3.63, 3.8) is 0 Å². The van der Waals surface area contributed by atoms with Gasteiger partial charge in [-0.2, -0.15) is 9.90 Å². The number of hydrogen-bond donors (Lipinski definition) is 2. The molecular weight excluding hydrogens is 442 g/mol. The Balaban J connectivity index is 1.42.